The fourth-order valence-corrected chi connectivity index (χ4v) is 0.117. The topological polar surface area (TPSA) is 64.4 Å². The zero-order valence-corrected chi connectivity index (χ0v) is 4.09. The highest BCUT2D eigenvalue weighted by Gasteiger charge is 1.93. The number of rotatable bonds is 2. The van der Waals surface area contributed by atoms with Gasteiger partial charge in [0.1, 0.15) is 6.17 Å². The summed E-state index contributed by atoms with van der Waals surface area (Å²) in [6.07, 6.45) is -0.500. The van der Waals surface area contributed by atoms with Gasteiger partial charge in [0, 0.05) is 5.70 Å². The van der Waals surface area contributed by atoms with E-state index in [0.29, 0.717) is 5.70 Å². The molecule has 0 saturated carbocycles. The van der Waals surface area contributed by atoms with Crippen molar-refractivity contribution in [2.24, 2.45) is 16.5 Å². The molecule has 0 aliphatic heterocycles. The Morgan fingerprint density at radius 3 is 2.14 bits per heavy atom. The summed E-state index contributed by atoms with van der Waals surface area (Å²) in [5, 5.41) is 0. The second kappa shape index (κ2) is 2.36. The minimum Gasteiger partial charge on any atom is -0.400 e. The Balaban J connectivity index is 3.55. The molecule has 4 N–H and O–H groups in total. The van der Waals surface area contributed by atoms with Crippen LogP contribution >= 0.6 is 0 Å². The van der Waals surface area contributed by atoms with Gasteiger partial charge in [0.05, 0.1) is 0 Å². The van der Waals surface area contributed by atoms with E-state index in [1.807, 2.05) is 0 Å². The third-order valence-corrected chi connectivity index (χ3v) is 0.577. The van der Waals surface area contributed by atoms with Crippen LogP contribution < -0.4 is 11.5 Å². The maximum Gasteiger partial charge on any atom is 0.136 e. The standard InChI is InChI=1S/C4H9N3/c1-3(5)4(6)7-2/h4H,1-2,5-6H2. The molecule has 0 aliphatic rings. The minimum absolute atomic E-state index is 0.343. The molecule has 0 aromatic heterocycles. The van der Waals surface area contributed by atoms with Gasteiger partial charge in [-0.3, -0.25) is 4.99 Å². The van der Waals surface area contributed by atoms with Crippen LogP contribution in [-0.2, 0) is 0 Å². The molecule has 0 saturated heterocycles. The van der Waals surface area contributed by atoms with E-state index in [0.717, 1.165) is 0 Å². The number of nitrogens with zero attached hydrogens (tertiary/aromatic N) is 1. The first-order chi connectivity index (χ1) is 3.18. The van der Waals surface area contributed by atoms with Gasteiger partial charge in [0.25, 0.3) is 0 Å². The monoisotopic (exact) mass is 99.1 g/mol. The molecule has 0 rings (SSSR count). The van der Waals surface area contributed by atoms with Crippen LogP contribution in [0, 0.1) is 0 Å². The van der Waals surface area contributed by atoms with Crippen molar-refractivity contribution in [2.45, 2.75) is 6.17 Å². The lowest BCUT2D eigenvalue weighted by atomic mass is 10.4. The SMILES string of the molecule is C=NC(N)C(=C)N. The first-order valence-electron chi connectivity index (χ1n) is 1.84. The van der Waals surface area contributed by atoms with Gasteiger partial charge in [-0.05, 0) is 6.72 Å². The van der Waals surface area contributed by atoms with Gasteiger partial charge >= 0.3 is 0 Å². The van der Waals surface area contributed by atoms with Gasteiger partial charge in [0.2, 0.25) is 0 Å². The fraction of sp³-hybridized carbons (Fsp3) is 0.250. The largest absolute Gasteiger partial charge is 0.400 e. The molecule has 0 aromatic rings. The molecule has 0 bridgehead atoms. The summed E-state index contributed by atoms with van der Waals surface area (Å²) in [5.74, 6) is 0. The summed E-state index contributed by atoms with van der Waals surface area (Å²) >= 11 is 0. The average Bonchev–Trinajstić information content (AvgIpc) is 1.65. The van der Waals surface area contributed by atoms with Crippen molar-refractivity contribution < 1.29 is 0 Å². The van der Waals surface area contributed by atoms with Crippen molar-refractivity contribution in [3.05, 3.63) is 12.3 Å². The average molecular weight is 99.1 g/mol. The van der Waals surface area contributed by atoms with Crippen LogP contribution in [0.25, 0.3) is 0 Å². The minimum atomic E-state index is -0.500. The maximum absolute atomic E-state index is 5.16. The molecule has 0 spiro atoms. The predicted molar refractivity (Wildman–Crippen MR) is 30.9 cm³/mol. The maximum atomic E-state index is 5.16. The van der Waals surface area contributed by atoms with Crippen LogP contribution in [0.2, 0.25) is 0 Å². The van der Waals surface area contributed by atoms with Gasteiger partial charge in [-0.25, -0.2) is 0 Å². The van der Waals surface area contributed by atoms with Crippen LogP contribution in [0.1, 0.15) is 0 Å². The Labute approximate surface area is 42.7 Å². The van der Waals surface area contributed by atoms with E-state index in [2.05, 4.69) is 18.3 Å². The Hall–Kier alpha value is -0.830. The summed E-state index contributed by atoms with van der Waals surface area (Å²) in [6, 6.07) is 0. The number of hydrogen-bond acceptors (Lipinski definition) is 3. The molecule has 0 amide bonds. The van der Waals surface area contributed by atoms with E-state index < -0.39 is 6.17 Å². The molecule has 0 radical (unpaired) electrons. The smallest absolute Gasteiger partial charge is 0.136 e. The molecular formula is C4H9N3. The third-order valence-electron chi connectivity index (χ3n) is 0.577. The predicted octanol–water partition coefficient (Wildman–Crippen LogP) is -0.556. The Kier molecular flexibility index (Phi) is 2.08. The summed E-state index contributed by atoms with van der Waals surface area (Å²) in [5.41, 5.74) is 10.6. The van der Waals surface area contributed by atoms with E-state index in [1.165, 1.54) is 0 Å². The van der Waals surface area contributed by atoms with E-state index in [-0.39, 0.29) is 0 Å². The lowest BCUT2D eigenvalue weighted by Gasteiger charge is -2.00. The van der Waals surface area contributed by atoms with Gasteiger partial charge in [0.15, 0.2) is 0 Å². The second-order valence-corrected chi connectivity index (χ2v) is 1.20. The summed E-state index contributed by atoms with van der Waals surface area (Å²) in [7, 11) is 0. The van der Waals surface area contributed by atoms with Crippen LogP contribution in [0.5, 0.6) is 0 Å². The number of hydrogen-bond donors (Lipinski definition) is 2. The molecule has 0 fully saturated rings. The Morgan fingerprint density at radius 2 is 2.14 bits per heavy atom. The van der Waals surface area contributed by atoms with Crippen molar-refractivity contribution in [1.29, 1.82) is 0 Å². The van der Waals surface area contributed by atoms with Crippen molar-refractivity contribution in [3.8, 4) is 0 Å². The van der Waals surface area contributed by atoms with Crippen LogP contribution in [0.15, 0.2) is 17.3 Å². The molecule has 0 aromatic carbocycles. The van der Waals surface area contributed by atoms with Gasteiger partial charge < -0.3 is 11.5 Å². The lowest BCUT2D eigenvalue weighted by molar-refractivity contribution is 0.819. The molecule has 1 atom stereocenters. The van der Waals surface area contributed by atoms with Crippen molar-refractivity contribution in [1.82, 2.24) is 0 Å². The highest BCUT2D eigenvalue weighted by atomic mass is 15.0. The van der Waals surface area contributed by atoms with Crippen molar-refractivity contribution in [2.75, 3.05) is 0 Å². The molecule has 7 heavy (non-hydrogen) atoms. The van der Waals surface area contributed by atoms with E-state index in [9.17, 15) is 0 Å². The van der Waals surface area contributed by atoms with Gasteiger partial charge in [-0.2, -0.15) is 0 Å². The number of aliphatic imine (C=N–C) groups is 1. The van der Waals surface area contributed by atoms with Gasteiger partial charge in [-0.1, -0.05) is 6.58 Å². The van der Waals surface area contributed by atoms with Gasteiger partial charge in [-0.15, -0.1) is 0 Å². The van der Waals surface area contributed by atoms with E-state index in [4.69, 9.17) is 11.5 Å². The summed E-state index contributed by atoms with van der Waals surface area (Å²) in [4.78, 5) is 3.39. The molecule has 40 valence electrons. The van der Waals surface area contributed by atoms with E-state index in [1.54, 1.807) is 0 Å². The molecule has 3 heteroatoms. The van der Waals surface area contributed by atoms with E-state index >= 15 is 0 Å². The Bertz CT molecular complexity index is 86.9. The van der Waals surface area contributed by atoms with Crippen LogP contribution in [0.4, 0.5) is 0 Å². The first-order valence-corrected chi connectivity index (χ1v) is 1.84. The first kappa shape index (κ1) is 6.17. The van der Waals surface area contributed by atoms with Crippen LogP contribution in [0.3, 0.4) is 0 Å². The summed E-state index contributed by atoms with van der Waals surface area (Å²) in [6.45, 7) is 6.51. The van der Waals surface area contributed by atoms with Crippen LogP contribution in [-0.4, -0.2) is 12.9 Å². The molecule has 0 heterocycles. The fourth-order valence-electron chi connectivity index (χ4n) is 0.117. The van der Waals surface area contributed by atoms with Crippen molar-refractivity contribution in [3.63, 3.8) is 0 Å². The molecular weight excluding hydrogens is 90.1 g/mol. The number of nitrogens with two attached hydrogens (primary N) is 2. The third kappa shape index (κ3) is 1.94. The zero-order chi connectivity index (χ0) is 5.86. The highest BCUT2D eigenvalue weighted by Crippen LogP contribution is 1.83. The quantitative estimate of drug-likeness (QED) is 0.456. The Morgan fingerprint density at radius 1 is 1.71 bits per heavy atom. The van der Waals surface area contributed by atoms with Crippen molar-refractivity contribution >= 4 is 6.72 Å². The lowest BCUT2D eigenvalue weighted by Crippen LogP contribution is -2.23. The summed E-state index contributed by atoms with van der Waals surface area (Å²) < 4.78 is 0. The normalized spacial score (nSPS) is 12.7. The molecule has 1 unspecified atom stereocenters. The molecule has 0 aliphatic carbocycles. The highest BCUT2D eigenvalue weighted by molar-refractivity contribution is 5.25. The zero-order valence-electron chi connectivity index (χ0n) is 4.09. The molecule has 3 nitrogen and oxygen atoms in total. The second-order valence-electron chi connectivity index (χ2n) is 1.20.